The molecular weight excluding hydrogens is 260 g/mol. The maximum atomic E-state index is 11.6. The zero-order valence-corrected chi connectivity index (χ0v) is 11.9. The predicted octanol–water partition coefficient (Wildman–Crippen LogP) is 1.55. The van der Waals surface area contributed by atoms with E-state index in [2.05, 4.69) is 10.1 Å². The fraction of sp³-hybridized carbons (Fsp3) is 0.429. The molecule has 0 aliphatic rings. The summed E-state index contributed by atoms with van der Waals surface area (Å²) < 4.78 is 10.2. The van der Waals surface area contributed by atoms with Gasteiger partial charge in [0.05, 0.1) is 24.5 Å². The fourth-order valence-electron chi connectivity index (χ4n) is 1.57. The maximum absolute atomic E-state index is 11.6. The average molecular weight is 280 g/mol. The van der Waals surface area contributed by atoms with Gasteiger partial charge in [0.15, 0.2) is 0 Å². The van der Waals surface area contributed by atoms with Crippen molar-refractivity contribution in [2.45, 2.75) is 26.4 Å². The number of esters is 1. The molecule has 1 aromatic carbocycles. The molecule has 0 spiro atoms. The molecule has 110 valence electrons. The van der Waals surface area contributed by atoms with E-state index in [1.807, 2.05) is 13.8 Å². The van der Waals surface area contributed by atoms with Crippen molar-refractivity contribution < 1.29 is 19.1 Å². The Bertz CT molecular complexity index is 486. The molecule has 0 fully saturated rings. The summed E-state index contributed by atoms with van der Waals surface area (Å²) in [6.07, 6.45) is 0.146. The number of hydrogen-bond acceptors (Lipinski definition) is 5. The first-order chi connectivity index (χ1) is 9.47. The molecule has 6 heteroatoms. The van der Waals surface area contributed by atoms with Crippen LogP contribution in [-0.4, -0.2) is 31.6 Å². The summed E-state index contributed by atoms with van der Waals surface area (Å²) >= 11 is 0. The highest BCUT2D eigenvalue weighted by molar-refractivity contribution is 5.96. The van der Waals surface area contributed by atoms with Crippen molar-refractivity contribution in [2.75, 3.05) is 19.0 Å². The van der Waals surface area contributed by atoms with Crippen LogP contribution in [0.4, 0.5) is 5.69 Å². The summed E-state index contributed by atoms with van der Waals surface area (Å²) in [4.78, 5) is 23.2. The van der Waals surface area contributed by atoms with Crippen molar-refractivity contribution in [3.63, 3.8) is 0 Å². The van der Waals surface area contributed by atoms with Gasteiger partial charge >= 0.3 is 5.97 Å². The van der Waals surface area contributed by atoms with Crippen molar-refractivity contribution in [2.24, 2.45) is 5.73 Å². The molecule has 0 bridgehead atoms. The third-order valence-electron chi connectivity index (χ3n) is 2.41. The highest BCUT2D eigenvalue weighted by Crippen LogP contribution is 2.27. The lowest BCUT2D eigenvalue weighted by Gasteiger charge is -2.15. The van der Waals surface area contributed by atoms with Gasteiger partial charge < -0.3 is 20.5 Å². The normalized spacial score (nSPS) is 10.2. The molecule has 6 nitrogen and oxygen atoms in total. The monoisotopic (exact) mass is 280 g/mol. The quantitative estimate of drug-likeness (QED) is 0.771. The number of benzene rings is 1. The summed E-state index contributed by atoms with van der Waals surface area (Å²) in [6, 6.07) is 4.74. The van der Waals surface area contributed by atoms with Crippen LogP contribution in [0.5, 0.6) is 5.75 Å². The van der Waals surface area contributed by atoms with Gasteiger partial charge in [0.25, 0.3) is 0 Å². The Morgan fingerprint density at radius 2 is 2.05 bits per heavy atom. The Morgan fingerprint density at radius 3 is 2.60 bits per heavy atom. The molecule has 0 aliphatic carbocycles. The standard InChI is InChI=1S/C14H20N2O4/c1-9(2)20-12-5-4-10(14(18)19-3)8-11(12)16-13(17)6-7-15/h4-5,8-9H,6-7,15H2,1-3H3,(H,16,17). The van der Waals surface area contributed by atoms with Crippen LogP contribution in [0.3, 0.4) is 0 Å². The van der Waals surface area contributed by atoms with Crippen LogP contribution in [0.2, 0.25) is 0 Å². The van der Waals surface area contributed by atoms with Crippen molar-refractivity contribution in [3.05, 3.63) is 23.8 Å². The SMILES string of the molecule is COC(=O)c1ccc(OC(C)C)c(NC(=O)CCN)c1. The Morgan fingerprint density at radius 1 is 1.35 bits per heavy atom. The van der Waals surface area contributed by atoms with E-state index in [9.17, 15) is 9.59 Å². The van der Waals surface area contributed by atoms with Gasteiger partial charge in [0.1, 0.15) is 5.75 Å². The number of rotatable bonds is 6. The van der Waals surface area contributed by atoms with E-state index in [0.29, 0.717) is 17.0 Å². The average Bonchev–Trinajstić information content (AvgIpc) is 2.39. The Balaban J connectivity index is 3.05. The minimum absolute atomic E-state index is 0.0517. The van der Waals surface area contributed by atoms with E-state index in [0.717, 1.165) is 0 Å². The number of anilines is 1. The highest BCUT2D eigenvalue weighted by atomic mass is 16.5. The van der Waals surface area contributed by atoms with Crippen LogP contribution in [0.25, 0.3) is 0 Å². The molecule has 3 N–H and O–H groups in total. The molecule has 20 heavy (non-hydrogen) atoms. The molecule has 0 aromatic heterocycles. The Labute approximate surface area is 118 Å². The first kappa shape index (κ1) is 16.0. The molecule has 0 unspecified atom stereocenters. The van der Waals surface area contributed by atoms with Gasteiger partial charge in [0, 0.05) is 13.0 Å². The van der Waals surface area contributed by atoms with Crippen LogP contribution in [0.15, 0.2) is 18.2 Å². The summed E-state index contributed by atoms with van der Waals surface area (Å²) in [7, 11) is 1.30. The topological polar surface area (TPSA) is 90.6 Å². The zero-order valence-electron chi connectivity index (χ0n) is 11.9. The van der Waals surface area contributed by atoms with E-state index in [-0.39, 0.29) is 25.0 Å². The smallest absolute Gasteiger partial charge is 0.337 e. The number of nitrogens with two attached hydrogens (primary N) is 1. The molecular formula is C14H20N2O4. The fourth-order valence-corrected chi connectivity index (χ4v) is 1.57. The second-order valence-electron chi connectivity index (χ2n) is 4.46. The second kappa shape index (κ2) is 7.49. The number of amides is 1. The molecule has 1 rings (SSSR count). The zero-order chi connectivity index (χ0) is 15.1. The minimum atomic E-state index is -0.476. The maximum Gasteiger partial charge on any atom is 0.337 e. The summed E-state index contributed by atoms with van der Waals surface area (Å²) in [5, 5.41) is 2.68. The number of nitrogens with one attached hydrogen (secondary N) is 1. The van der Waals surface area contributed by atoms with Crippen molar-refractivity contribution in [1.82, 2.24) is 0 Å². The van der Waals surface area contributed by atoms with Gasteiger partial charge in [-0.05, 0) is 32.0 Å². The van der Waals surface area contributed by atoms with E-state index in [1.54, 1.807) is 12.1 Å². The summed E-state index contributed by atoms with van der Waals surface area (Å²) in [5.41, 5.74) is 6.11. The molecule has 0 saturated carbocycles. The largest absolute Gasteiger partial charge is 0.489 e. The van der Waals surface area contributed by atoms with Crippen molar-refractivity contribution in [3.8, 4) is 5.75 Å². The molecule has 0 heterocycles. The predicted molar refractivity (Wildman–Crippen MR) is 75.8 cm³/mol. The van der Waals surface area contributed by atoms with E-state index >= 15 is 0 Å². The lowest BCUT2D eigenvalue weighted by molar-refractivity contribution is -0.116. The van der Waals surface area contributed by atoms with Gasteiger partial charge in [0.2, 0.25) is 5.91 Å². The van der Waals surface area contributed by atoms with Crippen LogP contribution in [0.1, 0.15) is 30.6 Å². The minimum Gasteiger partial charge on any atom is -0.489 e. The third kappa shape index (κ3) is 4.55. The number of carbonyl (C=O) groups excluding carboxylic acids is 2. The van der Waals surface area contributed by atoms with Gasteiger partial charge in [-0.2, -0.15) is 0 Å². The van der Waals surface area contributed by atoms with Gasteiger partial charge in [-0.3, -0.25) is 4.79 Å². The van der Waals surface area contributed by atoms with E-state index in [4.69, 9.17) is 10.5 Å². The number of methoxy groups -OCH3 is 1. The van der Waals surface area contributed by atoms with Crippen molar-refractivity contribution in [1.29, 1.82) is 0 Å². The first-order valence-electron chi connectivity index (χ1n) is 6.36. The van der Waals surface area contributed by atoms with Gasteiger partial charge in [-0.15, -0.1) is 0 Å². The Hall–Kier alpha value is -2.08. The second-order valence-corrected chi connectivity index (χ2v) is 4.46. The molecule has 0 aliphatic heterocycles. The van der Waals surface area contributed by atoms with Crippen LogP contribution >= 0.6 is 0 Å². The molecule has 1 amide bonds. The number of carbonyl (C=O) groups is 2. The molecule has 0 atom stereocenters. The summed E-state index contributed by atoms with van der Waals surface area (Å²) in [6.45, 7) is 4.00. The third-order valence-corrected chi connectivity index (χ3v) is 2.41. The first-order valence-corrected chi connectivity index (χ1v) is 6.36. The Kier molecular flexibility index (Phi) is 5.99. The lowest BCUT2D eigenvalue weighted by atomic mass is 10.1. The lowest BCUT2D eigenvalue weighted by Crippen LogP contribution is -2.18. The van der Waals surface area contributed by atoms with Crippen LogP contribution in [0, 0.1) is 0 Å². The molecule has 0 saturated heterocycles. The van der Waals surface area contributed by atoms with Gasteiger partial charge in [-0.1, -0.05) is 0 Å². The van der Waals surface area contributed by atoms with E-state index < -0.39 is 5.97 Å². The number of hydrogen-bond donors (Lipinski definition) is 2. The van der Waals surface area contributed by atoms with Gasteiger partial charge in [-0.25, -0.2) is 4.79 Å². The van der Waals surface area contributed by atoms with Crippen molar-refractivity contribution >= 4 is 17.6 Å². The van der Waals surface area contributed by atoms with Crippen LogP contribution < -0.4 is 15.8 Å². The van der Waals surface area contributed by atoms with E-state index in [1.165, 1.54) is 13.2 Å². The molecule has 0 radical (unpaired) electrons. The molecule has 1 aromatic rings. The summed E-state index contributed by atoms with van der Waals surface area (Å²) in [5.74, 6) is -0.212. The highest BCUT2D eigenvalue weighted by Gasteiger charge is 2.13. The van der Waals surface area contributed by atoms with Crippen LogP contribution in [-0.2, 0) is 9.53 Å². The number of ether oxygens (including phenoxy) is 2.